The van der Waals surface area contributed by atoms with Crippen LogP contribution in [0.3, 0.4) is 0 Å². The Bertz CT molecular complexity index is 634. The van der Waals surface area contributed by atoms with Gasteiger partial charge in [0.15, 0.2) is 0 Å². The van der Waals surface area contributed by atoms with Crippen LogP contribution in [0.15, 0.2) is 48.7 Å². The fourth-order valence-electron chi connectivity index (χ4n) is 2.05. The molecule has 1 amide bonds. The maximum atomic E-state index is 12.4. The minimum absolute atomic E-state index is 0.300. The Morgan fingerprint density at radius 2 is 1.86 bits per heavy atom. The lowest BCUT2D eigenvalue weighted by atomic mass is 10.2. The van der Waals surface area contributed by atoms with E-state index in [0.29, 0.717) is 12.2 Å². The zero-order valence-electron chi connectivity index (χ0n) is 12.1. The largest absolute Gasteiger partial charge is 0.480 e. The van der Waals surface area contributed by atoms with Crippen LogP contribution < -0.4 is 0 Å². The van der Waals surface area contributed by atoms with Crippen LogP contribution in [0.25, 0.3) is 0 Å². The first-order chi connectivity index (χ1) is 10.0. The zero-order chi connectivity index (χ0) is 15.4. The molecular weight excluding hydrogens is 268 g/mol. The SMILES string of the molecule is CC(C(=O)O)N(C)C(=O)c1cccn1Cc1ccccc1. The van der Waals surface area contributed by atoms with E-state index in [9.17, 15) is 9.59 Å². The molecule has 1 atom stereocenters. The molecule has 0 saturated carbocycles. The van der Waals surface area contributed by atoms with Crippen LogP contribution in [0.4, 0.5) is 0 Å². The number of carboxylic acid groups (broad SMARTS) is 1. The smallest absolute Gasteiger partial charge is 0.326 e. The monoisotopic (exact) mass is 286 g/mol. The van der Waals surface area contributed by atoms with Gasteiger partial charge in [0.05, 0.1) is 0 Å². The normalized spacial score (nSPS) is 11.9. The van der Waals surface area contributed by atoms with Gasteiger partial charge in [0.25, 0.3) is 5.91 Å². The van der Waals surface area contributed by atoms with E-state index in [-0.39, 0.29) is 5.91 Å². The highest BCUT2D eigenvalue weighted by molar-refractivity contribution is 5.95. The number of benzene rings is 1. The first-order valence-electron chi connectivity index (χ1n) is 6.69. The Morgan fingerprint density at radius 1 is 1.19 bits per heavy atom. The first kappa shape index (κ1) is 14.8. The van der Waals surface area contributed by atoms with E-state index in [1.54, 1.807) is 12.1 Å². The second kappa shape index (κ2) is 6.26. The number of carbonyl (C=O) groups excluding carboxylic acids is 1. The summed E-state index contributed by atoms with van der Waals surface area (Å²) in [5.74, 6) is -1.32. The van der Waals surface area contributed by atoms with Crippen molar-refractivity contribution in [3.8, 4) is 0 Å². The first-order valence-corrected chi connectivity index (χ1v) is 6.69. The molecule has 0 aliphatic heterocycles. The van der Waals surface area contributed by atoms with E-state index >= 15 is 0 Å². The van der Waals surface area contributed by atoms with Crippen LogP contribution in [-0.2, 0) is 11.3 Å². The van der Waals surface area contributed by atoms with Crippen LogP contribution in [0.5, 0.6) is 0 Å². The standard InChI is InChI=1S/C16H18N2O3/c1-12(16(20)21)17(2)15(19)14-9-6-10-18(14)11-13-7-4-3-5-8-13/h3-10,12H,11H2,1-2H3,(H,20,21). The lowest BCUT2D eigenvalue weighted by Gasteiger charge is -2.22. The average molecular weight is 286 g/mol. The Kier molecular flexibility index (Phi) is 4.42. The molecule has 110 valence electrons. The zero-order valence-corrected chi connectivity index (χ0v) is 12.1. The molecule has 0 fully saturated rings. The molecule has 0 saturated heterocycles. The van der Waals surface area contributed by atoms with Crippen molar-refractivity contribution < 1.29 is 14.7 Å². The summed E-state index contributed by atoms with van der Waals surface area (Å²) in [5, 5.41) is 9.00. The molecule has 1 aromatic heterocycles. The van der Waals surface area contributed by atoms with Crippen molar-refractivity contribution in [1.29, 1.82) is 0 Å². The molecular formula is C16H18N2O3. The number of carboxylic acids is 1. The van der Waals surface area contributed by atoms with E-state index in [2.05, 4.69) is 0 Å². The predicted molar refractivity (Wildman–Crippen MR) is 79.2 cm³/mol. The summed E-state index contributed by atoms with van der Waals surface area (Å²) in [6.07, 6.45) is 1.82. The van der Waals surface area contributed by atoms with Crippen LogP contribution in [0, 0.1) is 0 Å². The van der Waals surface area contributed by atoms with Gasteiger partial charge in [-0.3, -0.25) is 4.79 Å². The number of aliphatic carboxylic acids is 1. The van der Waals surface area contributed by atoms with Crippen molar-refractivity contribution in [1.82, 2.24) is 9.47 Å². The number of hydrogen-bond donors (Lipinski definition) is 1. The maximum absolute atomic E-state index is 12.4. The maximum Gasteiger partial charge on any atom is 0.326 e. The summed E-state index contributed by atoms with van der Waals surface area (Å²) in [5.41, 5.74) is 1.56. The van der Waals surface area contributed by atoms with Gasteiger partial charge in [-0.2, -0.15) is 0 Å². The summed E-state index contributed by atoms with van der Waals surface area (Å²) in [4.78, 5) is 24.6. The third-order valence-corrected chi connectivity index (χ3v) is 3.50. The molecule has 0 aliphatic rings. The highest BCUT2D eigenvalue weighted by Crippen LogP contribution is 2.11. The predicted octanol–water partition coefficient (Wildman–Crippen LogP) is 2.08. The van der Waals surface area contributed by atoms with E-state index < -0.39 is 12.0 Å². The van der Waals surface area contributed by atoms with Gasteiger partial charge in [-0.15, -0.1) is 0 Å². The van der Waals surface area contributed by atoms with E-state index in [1.165, 1.54) is 18.9 Å². The number of rotatable bonds is 5. The van der Waals surface area contributed by atoms with Crippen molar-refractivity contribution in [3.05, 3.63) is 59.9 Å². The summed E-state index contributed by atoms with van der Waals surface area (Å²) in [7, 11) is 1.50. The van der Waals surface area contributed by atoms with Gasteiger partial charge in [-0.1, -0.05) is 30.3 Å². The highest BCUT2D eigenvalue weighted by Gasteiger charge is 2.24. The average Bonchev–Trinajstić information content (AvgIpc) is 2.94. The molecule has 5 heteroatoms. The second-order valence-electron chi connectivity index (χ2n) is 4.94. The summed E-state index contributed by atoms with van der Waals surface area (Å²) < 4.78 is 1.82. The fraction of sp³-hybridized carbons (Fsp3) is 0.250. The van der Waals surface area contributed by atoms with Gasteiger partial charge in [0.2, 0.25) is 0 Å². The summed E-state index contributed by atoms with van der Waals surface area (Å²) in [6.45, 7) is 2.06. The lowest BCUT2D eigenvalue weighted by Crippen LogP contribution is -2.41. The van der Waals surface area contributed by atoms with Crippen molar-refractivity contribution >= 4 is 11.9 Å². The van der Waals surface area contributed by atoms with E-state index in [0.717, 1.165) is 5.56 Å². The topological polar surface area (TPSA) is 62.5 Å². The Labute approximate surface area is 123 Å². The molecule has 0 radical (unpaired) electrons. The quantitative estimate of drug-likeness (QED) is 0.915. The Morgan fingerprint density at radius 3 is 2.48 bits per heavy atom. The number of likely N-dealkylation sites (N-methyl/N-ethyl adjacent to an activating group) is 1. The molecule has 1 heterocycles. The van der Waals surface area contributed by atoms with Gasteiger partial charge in [0, 0.05) is 19.8 Å². The van der Waals surface area contributed by atoms with Gasteiger partial charge in [0.1, 0.15) is 11.7 Å². The molecule has 2 rings (SSSR count). The Hall–Kier alpha value is -2.56. The van der Waals surface area contributed by atoms with Gasteiger partial charge in [-0.25, -0.2) is 4.79 Å². The number of amides is 1. The number of nitrogens with zero attached hydrogens (tertiary/aromatic N) is 2. The van der Waals surface area contributed by atoms with Crippen LogP contribution in [-0.4, -0.2) is 39.5 Å². The molecule has 1 aromatic carbocycles. The lowest BCUT2D eigenvalue weighted by molar-refractivity contribution is -0.141. The van der Waals surface area contributed by atoms with Crippen LogP contribution in [0.2, 0.25) is 0 Å². The second-order valence-corrected chi connectivity index (χ2v) is 4.94. The molecule has 0 aliphatic carbocycles. The molecule has 1 N–H and O–H groups in total. The molecule has 0 bridgehead atoms. The Balaban J connectivity index is 2.20. The number of carbonyl (C=O) groups is 2. The van der Waals surface area contributed by atoms with Crippen molar-refractivity contribution in [2.24, 2.45) is 0 Å². The molecule has 0 spiro atoms. The fourth-order valence-corrected chi connectivity index (χ4v) is 2.05. The number of aromatic nitrogens is 1. The molecule has 2 aromatic rings. The molecule has 21 heavy (non-hydrogen) atoms. The van der Waals surface area contributed by atoms with E-state index in [4.69, 9.17) is 5.11 Å². The van der Waals surface area contributed by atoms with Gasteiger partial charge >= 0.3 is 5.97 Å². The van der Waals surface area contributed by atoms with E-state index in [1.807, 2.05) is 41.1 Å². The highest BCUT2D eigenvalue weighted by atomic mass is 16.4. The van der Waals surface area contributed by atoms with Crippen molar-refractivity contribution in [2.45, 2.75) is 19.5 Å². The minimum atomic E-state index is -1.02. The van der Waals surface area contributed by atoms with Crippen molar-refractivity contribution in [3.63, 3.8) is 0 Å². The minimum Gasteiger partial charge on any atom is -0.480 e. The van der Waals surface area contributed by atoms with Crippen molar-refractivity contribution in [2.75, 3.05) is 7.05 Å². The molecule has 1 unspecified atom stereocenters. The summed E-state index contributed by atoms with van der Waals surface area (Å²) >= 11 is 0. The summed E-state index contributed by atoms with van der Waals surface area (Å²) in [6, 6.07) is 12.4. The van der Waals surface area contributed by atoms with Gasteiger partial charge < -0.3 is 14.6 Å². The van der Waals surface area contributed by atoms with Crippen LogP contribution in [0.1, 0.15) is 23.0 Å². The third-order valence-electron chi connectivity index (χ3n) is 3.50. The van der Waals surface area contributed by atoms with Gasteiger partial charge in [-0.05, 0) is 24.6 Å². The van der Waals surface area contributed by atoms with Crippen LogP contribution >= 0.6 is 0 Å². The third kappa shape index (κ3) is 3.31. The number of hydrogen-bond acceptors (Lipinski definition) is 2. The molecule has 5 nitrogen and oxygen atoms in total.